The molecule has 0 aliphatic heterocycles. The number of rotatable bonds is 14. The predicted molar refractivity (Wildman–Crippen MR) is 181 cm³/mol. The van der Waals surface area contributed by atoms with Crippen LogP contribution in [0.25, 0.3) is 16.7 Å². The molecule has 5 rings (SSSR count). The number of ether oxygens (including phenoxy) is 2. The summed E-state index contributed by atoms with van der Waals surface area (Å²) in [6.07, 6.45) is 13.7. The molecule has 1 aliphatic carbocycles. The summed E-state index contributed by atoms with van der Waals surface area (Å²) >= 11 is 0. The maximum atomic E-state index is 13.0. The number of anilines is 3. The molecule has 1 aliphatic rings. The van der Waals surface area contributed by atoms with Gasteiger partial charge in [0.25, 0.3) is 5.91 Å². The van der Waals surface area contributed by atoms with Crippen molar-refractivity contribution < 1.29 is 19.1 Å². The van der Waals surface area contributed by atoms with Gasteiger partial charge >= 0.3 is 0 Å². The van der Waals surface area contributed by atoms with Gasteiger partial charge in [-0.2, -0.15) is 4.98 Å². The number of carbonyl (C=O) groups excluding carboxylic acids is 2. The van der Waals surface area contributed by atoms with E-state index in [0.717, 1.165) is 28.8 Å². The highest BCUT2D eigenvalue weighted by molar-refractivity contribution is 6.06. The van der Waals surface area contributed by atoms with Crippen LogP contribution < -0.4 is 20.7 Å². The molecule has 0 spiro atoms. The van der Waals surface area contributed by atoms with Crippen molar-refractivity contribution in [3.8, 4) is 11.6 Å². The molecule has 2 aromatic heterocycles. The first kappa shape index (κ1) is 32.1. The van der Waals surface area contributed by atoms with Gasteiger partial charge in [-0.3, -0.25) is 9.59 Å². The number of hydrogen-bond donors (Lipinski definition) is 3. The van der Waals surface area contributed by atoms with Crippen molar-refractivity contribution in [1.82, 2.24) is 24.8 Å². The lowest BCUT2D eigenvalue weighted by Gasteiger charge is -2.17. The Kier molecular flexibility index (Phi) is 10.9. The fraction of sp³-hybridized carbons (Fsp3) is 0.257. The summed E-state index contributed by atoms with van der Waals surface area (Å²) in [5, 5.41) is 10.1. The van der Waals surface area contributed by atoms with Crippen molar-refractivity contribution >= 4 is 40.0 Å². The van der Waals surface area contributed by atoms with Crippen molar-refractivity contribution in [3.05, 3.63) is 103 Å². The van der Waals surface area contributed by atoms with Gasteiger partial charge in [0.1, 0.15) is 11.6 Å². The highest BCUT2D eigenvalue weighted by Gasteiger charge is 2.15. The van der Waals surface area contributed by atoms with E-state index < -0.39 is 0 Å². The fourth-order valence-corrected chi connectivity index (χ4v) is 4.90. The molecule has 11 heteroatoms. The average molecular weight is 622 g/mol. The van der Waals surface area contributed by atoms with Gasteiger partial charge < -0.3 is 34.9 Å². The molecule has 11 nitrogen and oxygen atoms in total. The van der Waals surface area contributed by atoms with Crippen molar-refractivity contribution in [2.24, 2.45) is 0 Å². The Bertz CT molecular complexity index is 1760. The maximum absolute atomic E-state index is 13.0. The standard InChI is InChI=1S/C35H39N7O4/c1-41(2)20-6-12-33(43)37-26-15-13-25(14-16-26)34(44)38-27-8-4-9-28(24-27)39-35-36-19-17-32(40-35)42-21-18-29-30(42)10-5-11-31(29)46-23-7-22-45-3/h4-6,8-15,17-19,21,24,26H,7,16,20,22-23H2,1-3H3,(H,37,43)(H,38,44)(H,36,39,40)/b12-6+. The lowest BCUT2D eigenvalue weighted by Crippen LogP contribution is -2.33. The molecular weight excluding hydrogens is 582 g/mol. The number of likely N-dealkylation sites (N-methyl/N-ethyl adjacent to an activating group) is 1. The van der Waals surface area contributed by atoms with Gasteiger partial charge in [0, 0.05) is 67.5 Å². The van der Waals surface area contributed by atoms with Crippen LogP contribution in [0.5, 0.6) is 5.75 Å². The zero-order chi connectivity index (χ0) is 32.3. The summed E-state index contributed by atoms with van der Waals surface area (Å²) in [6, 6.07) is 17.0. The maximum Gasteiger partial charge on any atom is 0.255 e. The topological polar surface area (TPSA) is 123 Å². The highest BCUT2D eigenvalue weighted by Crippen LogP contribution is 2.29. The number of nitrogens with zero attached hydrogens (tertiary/aromatic N) is 4. The van der Waals surface area contributed by atoms with Crippen molar-refractivity contribution in [2.75, 3.05) is 51.6 Å². The summed E-state index contributed by atoms with van der Waals surface area (Å²) in [4.78, 5) is 36.2. The van der Waals surface area contributed by atoms with E-state index in [9.17, 15) is 9.59 Å². The van der Waals surface area contributed by atoms with E-state index in [4.69, 9.17) is 14.5 Å². The quantitative estimate of drug-likeness (QED) is 0.133. The number of nitrogens with one attached hydrogen (secondary N) is 3. The SMILES string of the molecule is COCCCOc1cccc2c1ccn2-c1ccnc(Nc2cccc(NC(=O)C3=CCC(NC(=O)/C=C/CN(C)C)C=C3)c2)n1. The molecule has 238 valence electrons. The van der Waals surface area contributed by atoms with Crippen LogP contribution in [0.15, 0.2) is 103 Å². The minimum absolute atomic E-state index is 0.161. The lowest BCUT2D eigenvalue weighted by atomic mass is 10.0. The van der Waals surface area contributed by atoms with Gasteiger partial charge in [0.05, 0.1) is 18.2 Å². The lowest BCUT2D eigenvalue weighted by molar-refractivity contribution is -0.117. The number of aromatic nitrogens is 3. The molecule has 2 amide bonds. The molecule has 0 saturated carbocycles. The minimum atomic E-state index is -0.233. The monoisotopic (exact) mass is 621 g/mol. The van der Waals surface area contributed by atoms with E-state index in [2.05, 4.69) is 20.9 Å². The van der Waals surface area contributed by atoms with Gasteiger partial charge in [-0.05, 0) is 63.0 Å². The van der Waals surface area contributed by atoms with Crippen LogP contribution in [0.4, 0.5) is 17.3 Å². The second-order valence-corrected chi connectivity index (χ2v) is 11.0. The second-order valence-electron chi connectivity index (χ2n) is 11.0. The number of carbonyl (C=O) groups is 2. The Labute approximate surface area is 268 Å². The molecule has 2 aromatic carbocycles. The van der Waals surface area contributed by atoms with Gasteiger partial charge in [-0.1, -0.05) is 36.4 Å². The number of hydrogen-bond acceptors (Lipinski definition) is 8. The average Bonchev–Trinajstić information content (AvgIpc) is 3.49. The summed E-state index contributed by atoms with van der Waals surface area (Å²) < 4.78 is 13.1. The minimum Gasteiger partial charge on any atom is -0.493 e. The Morgan fingerprint density at radius 2 is 1.93 bits per heavy atom. The van der Waals surface area contributed by atoms with Crippen LogP contribution in [-0.2, 0) is 14.3 Å². The number of fused-ring (bicyclic) bond motifs is 1. The first-order valence-electron chi connectivity index (χ1n) is 15.1. The van der Waals surface area contributed by atoms with E-state index in [0.29, 0.717) is 49.2 Å². The molecule has 46 heavy (non-hydrogen) atoms. The molecular formula is C35H39N7O4. The van der Waals surface area contributed by atoms with E-state index in [1.807, 2.05) is 103 Å². The molecule has 0 bridgehead atoms. The largest absolute Gasteiger partial charge is 0.493 e. The van der Waals surface area contributed by atoms with Gasteiger partial charge in [0.2, 0.25) is 11.9 Å². The summed E-state index contributed by atoms with van der Waals surface area (Å²) in [6.45, 7) is 1.91. The number of benzene rings is 2. The Hall–Kier alpha value is -5.26. The molecule has 3 N–H and O–H groups in total. The fourth-order valence-electron chi connectivity index (χ4n) is 4.90. The van der Waals surface area contributed by atoms with Crippen LogP contribution in [0.3, 0.4) is 0 Å². The molecule has 0 radical (unpaired) electrons. The third kappa shape index (κ3) is 8.68. The zero-order valence-electron chi connectivity index (χ0n) is 26.3. The molecule has 2 heterocycles. The third-order valence-corrected chi connectivity index (χ3v) is 7.14. The van der Waals surface area contributed by atoms with Crippen molar-refractivity contribution in [2.45, 2.75) is 18.9 Å². The number of methoxy groups -OCH3 is 1. The van der Waals surface area contributed by atoms with E-state index >= 15 is 0 Å². The highest BCUT2D eigenvalue weighted by atomic mass is 16.5. The van der Waals surface area contributed by atoms with E-state index in [1.54, 1.807) is 19.4 Å². The summed E-state index contributed by atoms with van der Waals surface area (Å²) in [5.41, 5.74) is 2.84. The first-order valence-corrected chi connectivity index (χ1v) is 15.1. The zero-order valence-corrected chi connectivity index (χ0v) is 26.3. The molecule has 0 saturated heterocycles. The summed E-state index contributed by atoms with van der Waals surface area (Å²) in [7, 11) is 5.56. The van der Waals surface area contributed by atoms with Crippen LogP contribution in [0.2, 0.25) is 0 Å². The van der Waals surface area contributed by atoms with Crippen LogP contribution in [-0.4, -0.2) is 78.3 Å². The Balaban J connectivity index is 1.19. The van der Waals surface area contributed by atoms with Crippen LogP contribution in [0.1, 0.15) is 12.8 Å². The van der Waals surface area contributed by atoms with Crippen molar-refractivity contribution in [1.29, 1.82) is 0 Å². The van der Waals surface area contributed by atoms with E-state index in [1.165, 1.54) is 6.08 Å². The Morgan fingerprint density at radius 1 is 1.09 bits per heavy atom. The van der Waals surface area contributed by atoms with Gasteiger partial charge in [-0.25, -0.2) is 4.98 Å². The van der Waals surface area contributed by atoms with Crippen molar-refractivity contribution in [3.63, 3.8) is 0 Å². The molecule has 0 fully saturated rings. The van der Waals surface area contributed by atoms with Crippen LogP contribution >= 0.6 is 0 Å². The molecule has 1 unspecified atom stereocenters. The Morgan fingerprint density at radius 3 is 2.74 bits per heavy atom. The van der Waals surface area contributed by atoms with E-state index in [-0.39, 0.29) is 17.9 Å². The normalized spacial score (nSPS) is 14.4. The van der Waals surface area contributed by atoms with Crippen LogP contribution in [0, 0.1) is 0 Å². The van der Waals surface area contributed by atoms with Gasteiger partial charge in [-0.15, -0.1) is 0 Å². The smallest absolute Gasteiger partial charge is 0.255 e. The van der Waals surface area contributed by atoms with Gasteiger partial charge in [0.15, 0.2) is 0 Å². The number of amides is 2. The third-order valence-electron chi connectivity index (χ3n) is 7.14. The second kappa shape index (κ2) is 15.6. The first-order chi connectivity index (χ1) is 22.4. The molecule has 4 aromatic rings. The predicted octanol–water partition coefficient (Wildman–Crippen LogP) is 5.01. The molecule has 1 atom stereocenters. The summed E-state index contributed by atoms with van der Waals surface area (Å²) in [5.74, 6) is 1.53.